The third-order valence-electron chi connectivity index (χ3n) is 2.04. The average Bonchev–Trinajstić information content (AvgIpc) is 2.57. The molecule has 3 nitrogen and oxygen atoms in total. The maximum atomic E-state index is 9.54. The van der Waals surface area contributed by atoms with E-state index in [1.54, 1.807) is 30.0 Å². The van der Waals surface area contributed by atoms with Gasteiger partial charge in [0.1, 0.15) is 11.5 Å². The zero-order chi connectivity index (χ0) is 9.26. The first-order valence-electron chi connectivity index (χ1n) is 4.15. The summed E-state index contributed by atoms with van der Waals surface area (Å²) in [6.45, 7) is 0.920. The molecule has 1 fully saturated rings. The minimum Gasteiger partial charge on any atom is -0.507 e. The van der Waals surface area contributed by atoms with Crippen LogP contribution in [0.15, 0.2) is 18.2 Å². The van der Waals surface area contributed by atoms with Gasteiger partial charge < -0.3 is 15.5 Å². The molecule has 1 aliphatic heterocycles. The lowest BCUT2D eigenvalue weighted by Gasteiger charge is -2.12. The molecule has 0 aliphatic carbocycles. The van der Waals surface area contributed by atoms with Crippen molar-refractivity contribution in [1.29, 1.82) is 0 Å². The molecule has 0 saturated carbocycles. The van der Waals surface area contributed by atoms with E-state index in [0.29, 0.717) is 5.56 Å². The van der Waals surface area contributed by atoms with Crippen molar-refractivity contribution in [3.05, 3.63) is 23.8 Å². The maximum absolute atomic E-state index is 9.54. The second kappa shape index (κ2) is 3.47. The van der Waals surface area contributed by atoms with Crippen molar-refractivity contribution in [3.63, 3.8) is 0 Å². The summed E-state index contributed by atoms with van der Waals surface area (Å²) in [6, 6.07) is 4.82. The first kappa shape index (κ1) is 8.72. The summed E-state index contributed by atoms with van der Waals surface area (Å²) in [5, 5.41) is 22.3. The van der Waals surface area contributed by atoms with Gasteiger partial charge in [0.05, 0.1) is 10.9 Å². The lowest BCUT2D eigenvalue weighted by atomic mass is 10.1. The number of aromatic hydroxyl groups is 2. The van der Waals surface area contributed by atoms with Gasteiger partial charge in [0.2, 0.25) is 0 Å². The Morgan fingerprint density at radius 2 is 2.00 bits per heavy atom. The van der Waals surface area contributed by atoms with Crippen LogP contribution in [0.1, 0.15) is 10.9 Å². The van der Waals surface area contributed by atoms with Crippen LogP contribution in [-0.2, 0) is 0 Å². The fraction of sp³-hybridized carbons (Fsp3) is 0.333. The Kier molecular flexibility index (Phi) is 2.33. The molecule has 3 N–H and O–H groups in total. The number of nitrogens with one attached hydrogen (secondary N) is 1. The summed E-state index contributed by atoms with van der Waals surface area (Å²) in [6.07, 6.45) is 0. The van der Waals surface area contributed by atoms with Crippen molar-refractivity contribution in [2.75, 3.05) is 12.3 Å². The molecule has 1 aromatic carbocycles. The second-order valence-corrected chi connectivity index (χ2v) is 4.13. The number of hydrogen-bond acceptors (Lipinski definition) is 4. The third-order valence-corrected chi connectivity index (χ3v) is 3.21. The molecule has 1 heterocycles. The standard InChI is InChI=1S/C9H11NO2S/c11-6-2-1-3-7(12)8(6)9-10-4-5-13-9/h1-3,9-12H,4-5H2. The first-order chi connectivity index (χ1) is 6.29. The van der Waals surface area contributed by atoms with E-state index in [4.69, 9.17) is 0 Å². The number of hydrogen-bond donors (Lipinski definition) is 3. The predicted molar refractivity (Wildman–Crippen MR) is 53.0 cm³/mol. The molecule has 1 aromatic rings. The molecule has 0 amide bonds. The maximum Gasteiger partial charge on any atom is 0.124 e. The van der Waals surface area contributed by atoms with Gasteiger partial charge in [-0.2, -0.15) is 0 Å². The van der Waals surface area contributed by atoms with Crippen LogP contribution in [0.4, 0.5) is 0 Å². The van der Waals surface area contributed by atoms with Gasteiger partial charge in [-0.05, 0) is 12.1 Å². The van der Waals surface area contributed by atoms with Crippen LogP contribution in [0.5, 0.6) is 11.5 Å². The van der Waals surface area contributed by atoms with Gasteiger partial charge in [0.15, 0.2) is 0 Å². The van der Waals surface area contributed by atoms with Crippen molar-refractivity contribution in [3.8, 4) is 11.5 Å². The lowest BCUT2D eigenvalue weighted by molar-refractivity contribution is 0.434. The van der Waals surface area contributed by atoms with Crippen molar-refractivity contribution in [2.45, 2.75) is 5.37 Å². The van der Waals surface area contributed by atoms with Gasteiger partial charge in [-0.15, -0.1) is 11.8 Å². The topological polar surface area (TPSA) is 52.5 Å². The van der Waals surface area contributed by atoms with Crippen LogP contribution in [0.2, 0.25) is 0 Å². The predicted octanol–water partition coefficient (Wildman–Crippen LogP) is 1.43. The van der Waals surface area contributed by atoms with Crippen molar-refractivity contribution < 1.29 is 10.2 Å². The van der Waals surface area contributed by atoms with Crippen molar-refractivity contribution >= 4 is 11.8 Å². The minimum atomic E-state index is 0.0289. The summed E-state index contributed by atoms with van der Waals surface area (Å²) in [7, 11) is 0. The molecule has 1 saturated heterocycles. The molecular weight excluding hydrogens is 186 g/mol. The monoisotopic (exact) mass is 197 g/mol. The molecule has 70 valence electrons. The zero-order valence-corrected chi connectivity index (χ0v) is 7.84. The largest absolute Gasteiger partial charge is 0.507 e. The van der Waals surface area contributed by atoms with Gasteiger partial charge in [-0.1, -0.05) is 6.07 Å². The fourth-order valence-electron chi connectivity index (χ4n) is 1.42. The molecule has 0 aromatic heterocycles. The molecule has 13 heavy (non-hydrogen) atoms. The summed E-state index contributed by atoms with van der Waals surface area (Å²) in [5.41, 5.74) is 0.602. The molecule has 1 aliphatic rings. The quantitative estimate of drug-likeness (QED) is 0.637. The smallest absolute Gasteiger partial charge is 0.124 e. The van der Waals surface area contributed by atoms with E-state index in [2.05, 4.69) is 5.32 Å². The summed E-state index contributed by atoms with van der Waals surface area (Å²) >= 11 is 1.69. The average molecular weight is 197 g/mol. The van der Waals surface area contributed by atoms with E-state index < -0.39 is 0 Å². The second-order valence-electron chi connectivity index (χ2n) is 2.91. The Balaban J connectivity index is 2.37. The number of benzene rings is 1. The normalized spacial score (nSPS) is 22.0. The van der Waals surface area contributed by atoms with E-state index in [1.165, 1.54) is 0 Å². The Hall–Kier alpha value is -0.870. The lowest BCUT2D eigenvalue weighted by Crippen LogP contribution is -2.12. The SMILES string of the molecule is Oc1cccc(O)c1C1NCCS1. The van der Waals surface area contributed by atoms with Crippen molar-refractivity contribution in [2.24, 2.45) is 0 Å². The van der Waals surface area contributed by atoms with Crippen molar-refractivity contribution in [1.82, 2.24) is 5.32 Å². The fourth-order valence-corrected chi connectivity index (χ4v) is 2.54. The molecule has 0 spiro atoms. The van der Waals surface area contributed by atoms with Gasteiger partial charge in [-0.25, -0.2) is 0 Å². The number of phenolic OH excluding ortho intramolecular Hbond substituents is 2. The molecule has 2 rings (SSSR count). The van der Waals surface area contributed by atoms with E-state index in [0.717, 1.165) is 12.3 Å². The highest BCUT2D eigenvalue weighted by atomic mass is 32.2. The third kappa shape index (κ3) is 1.59. The Morgan fingerprint density at radius 3 is 2.54 bits per heavy atom. The molecule has 0 radical (unpaired) electrons. The molecule has 1 unspecified atom stereocenters. The van der Waals surface area contributed by atoms with Gasteiger partial charge >= 0.3 is 0 Å². The van der Waals surface area contributed by atoms with E-state index >= 15 is 0 Å². The number of rotatable bonds is 1. The van der Waals surface area contributed by atoms with Gasteiger partial charge in [-0.3, -0.25) is 0 Å². The summed E-state index contributed by atoms with van der Waals surface area (Å²) in [4.78, 5) is 0. The van der Waals surface area contributed by atoms with Crippen LogP contribution >= 0.6 is 11.8 Å². The van der Waals surface area contributed by atoms with E-state index in [1.807, 2.05) is 0 Å². The highest BCUT2D eigenvalue weighted by Gasteiger charge is 2.22. The van der Waals surface area contributed by atoms with Crippen LogP contribution in [0.25, 0.3) is 0 Å². The van der Waals surface area contributed by atoms with Crippen LogP contribution < -0.4 is 5.32 Å². The van der Waals surface area contributed by atoms with Gasteiger partial charge in [0, 0.05) is 12.3 Å². The van der Waals surface area contributed by atoms with E-state index in [9.17, 15) is 10.2 Å². The highest BCUT2D eigenvalue weighted by Crippen LogP contribution is 2.40. The molecule has 4 heteroatoms. The number of phenols is 2. The Bertz CT molecular complexity index is 290. The zero-order valence-electron chi connectivity index (χ0n) is 7.03. The highest BCUT2D eigenvalue weighted by molar-refractivity contribution is 7.99. The van der Waals surface area contributed by atoms with Crippen LogP contribution in [-0.4, -0.2) is 22.5 Å². The Morgan fingerprint density at radius 1 is 1.31 bits per heavy atom. The summed E-state index contributed by atoms with van der Waals surface area (Å²) in [5.74, 6) is 1.33. The van der Waals surface area contributed by atoms with Crippen LogP contribution in [0.3, 0.4) is 0 Å². The molecular formula is C9H11NO2S. The first-order valence-corrected chi connectivity index (χ1v) is 5.20. The number of thioether (sulfide) groups is 1. The summed E-state index contributed by atoms with van der Waals surface area (Å²) < 4.78 is 0. The van der Waals surface area contributed by atoms with Gasteiger partial charge in [0.25, 0.3) is 0 Å². The van der Waals surface area contributed by atoms with E-state index in [-0.39, 0.29) is 16.9 Å². The molecule has 1 atom stereocenters. The van der Waals surface area contributed by atoms with Crippen LogP contribution in [0, 0.1) is 0 Å². The minimum absolute atomic E-state index is 0.0289. The molecule has 0 bridgehead atoms. The Labute approximate surface area is 80.8 Å².